The molecule has 0 aromatic heterocycles. The lowest BCUT2D eigenvalue weighted by atomic mass is 9.76. The molecule has 1 unspecified atom stereocenters. The van der Waals surface area contributed by atoms with Crippen LogP contribution in [-0.2, 0) is 9.53 Å². The van der Waals surface area contributed by atoms with Crippen LogP contribution in [0, 0.1) is 5.41 Å². The van der Waals surface area contributed by atoms with Crippen molar-refractivity contribution in [2.75, 3.05) is 6.54 Å². The normalized spacial score (nSPS) is 31.2. The molecule has 1 saturated heterocycles. The van der Waals surface area contributed by atoms with Crippen LogP contribution in [0.1, 0.15) is 27.7 Å². The van der Waals surface area contributed by atoms with Gasteiger partial charge in [0.15, 0.2) is 0 Å². The van der Waals surface area contributed by atoms with Crippen molar-refractivity contribution in [3.63, 3.8) is 0 Å². The van der Waals surface area contributed by atoms with Crippen molar-refractivity contribution in [3.05, 3.63) is 0 Å². The third-order valence-corrected chi connectivity index (χ3v) is 3.00. The minimum atomic E-state index is -0.955. The molecule has 0 aromatic carbocycles. The highest BCUT2D eigenvalue weighted by Crippen LogP contribution is 2.36. The Bertz CT molecular complexity index is 223. The average Bonchev–Trinajstić information content (AvgIpc) is 1.94. The van der Waals surface area contributed by atoms with Gasteiger partial charge in [0.2, 0.25) is 6.23 Å². The standard InChI is InChI=1S/C9H17NO3/c1-8(2)5-10-6(7(11)12)13-9(8,3)4/h6,10H,5H2,1-4H3,(H,11,12). The number of nitrogens with one attached hydrogen (secondary N) is 1. The Labute approximate surface area is 78.3 Å². The Morgan fingerprint density at radius 2 is 2.00 bits per heavy atom. The molecular formula is C9H17NO3. The van der Waals surface area contributed by atoms with Crippen LogP contribution in [0.3, 0.4) is 0 Å². The quantitative estimate of drug-likeness (QED) is 0.638. The van der Waals surface area contributed by atoms with Gasteiger partial charge in [-0.25, -0.2) is 4.79 Å². The Kier molecular flexibility index (Phi) is 2.38. The van der Waals surface area contributed by atoms with Crippen molar-refractivity contribution in [3.8, 4) is 0 Å². The van der Waals surface area contributed by atoms with E-state index in [0.29, 0.717) is 6.54 Å². The fraction of sp³-hybridized carbons (Fsp3) is 0.889. The summed E-state index contributed by atoms with van der Waals surface area (Å²) < 4.78 is 5.44. The summed E-state index contributed by atoms with van der Waals surface area (Å²) in [6, 6.07) is 0. The molecule has 1 aliphatic heterocycles. The first-order valence-corrected chi connectivity index (χ1v) is 4.40. The first kappa shape index (κ1) is 10.5. The number of ether oxygens (including phenoxy) is 1. The smallest absolute Gasteiger partial charge is 0.348 e. The summed E-state index contributed by atoms with van der Waals surface area (Å²) >= 11 is 0. The summed E-state index contributed by atoms with van der Waals surface area (Å²) in [4.78, 5) is 10.7. The van der Waals surface area contributed by atoms with E-state index in [9.17, 15) is 4.79 Å². The molecular weight excluding hydrogens is 170 g/mol. The molecule has 0 amide bonds. The molecule has 1 heterocycles. The van der Waals surface area contributed by atoms with Crippen molar-refractivity contribution in [2.45, 2.75) is 39.5 Å². The van der Waals surface area contributed by atoms with Crippen LogP contribution >= 0.6 is 0 Å². The fourth-order valence-electron chi connectivity index (χ4n) is 1.19. The molecule has 2 N–H and O–H groups in total. The van der Waals surface area contributed by atoms with Crippen LogP contribution in [0.5, 0.6) is 0 Å². The third-order valence-electron chi connectivity index (χ3n) is 3.00. The highest BCUT2D eigenvalue weighted by Gasteiger charge is 2.45. The Morgan fingerprint density at radius 1 is 1.46 bits per heavy atom. The van der Waals surface area contributed by atoms with Gasteiger partial charge in [-0.3, -0.25) is 5.32 Å². The molecule has 4 nitrogen and oxygen atoms in total. The molecule has 1 atom stereocenters. The molecule has 1 aliphatic rings. The maximum atomic E-state index is 10.7. The van der Waals surface area contributed by atoms with Crippen molar-refractivity contribution in [1.29, 1.82) is 0 Å². The Morgan fingerprint density at radius 3 is 2.38 bits per heavy atom. The molecule has 0 saturated carbocycles. The van der Waals surface area contributed by atoms with Crippen LogP contribution in [0.25, 0.3) is 0 Å². The van der Waals surface area contributed by atoms with E-state index in [1.165, 1.54) is 0 Å². The lowest BCUT2D eigenvalue weighted by Gasteiger charge is -2.47. The maximum absolute atomic E-state index is 10.7. The molecule has 76 valence electrons. The lowest BCUT2D eigenvalue weighted by molar-refractivity contribution is -0.199. The zero-order valence-corrected chi connectivity index (χ0v) is 8.55. The van der Waals surface area contributed by atoms with E-state index in [-0.39, 0.29) is 5.41 Å². The van der Waals surface area contributed by atoms with Gasteiger partial charge in [0.25, 0.3) is 0 Å². The summed E-state index contributed by atoms with van der Waals surface area (Å²) in [5, 5.41) is 11.6. The second-order valence-corrected chi connectivity index (χ2v) is 4.61. The number of aliphatic carboxylic acids is 1. The number of carboxylic acid groups (broad SMARTS) is 1. The van der Waals surface area contributed by atoms with Crippen molar-refractivity contribution < 1.29 is 14.6 Å². The third kappa shape index (κ3) is 1.84. The molecule has 0 bridgehead atoms. The predicted octanol–water partition coefficient (Wildman–Crippen LogP) is 0.822. The number of carboxylic acids is 1. The minimum absolute atomic E-state index is 0.0566. The van der Waals surface area contributed by atoms with Gasteiger partial charge in [0.1, 0.15) is 0 Å². The maximum Gasteiger partial charge on any atom is 0.348 e. The number of rotatable bonds is 1. The van der Waals surface area contributed by atoms with Crippen LogP contribution in [0.15, 0.2) is 0 Å². The number of hydrogen-bond donors (Lipinski definition) is 2. The van der Waals surface area contributed by atoms with Gasteiger partial charge < -0.3 is 9.84 Å². The number of carbonyl (C=O) groups is 1. The van der Waals surface area contributed by atoms with E-state index in [0.717, 1.165) is 0 Å². The Balaban J connectivity index is 2.76. The second kappa shape index (κ2) is 2.96. The summed E-state index contributed by atoms with van der Waals surface area (Å²) in [5.41, 5.74) is -0.472. The van der Waals surface area contributed by atoms with Gasteiger partial charge in [-0.2, -0.15) is 0 Å². The lowest BCUT2D eigenvalue weighted by Crippen LogP contribution is -2.60. The topological polar surface area (TPSA) is 58.6 Å². The van der Waals surface area contributed by atoms with Crippen LogP contribution in [0.4, 0.5) is 0 Å². The summed E-state index contributed by atoms with van der Waals surface area (Å²) in [6.07, 6.45) is -0.872. The molecule has 1 fully saturated rings. The summed E-state index contributed by atoms with van der Waals surface area (Å²) in [6.45, 7) is 8.60. The predicted molar refractivity (Wildman–Crippen MR) is 48.4 cm³/mol. The van der Waals surface area contributed by atoms with E-state index in [1.54, 1.807) is 0 Å². The van der Waals surface area contributed by atoms with Crippen LogP contribution < -0.4 is 5.32 Å². The average molecular weight is 187 g/mol. The van der Waals surface area contributed by atoms with E-state index in [2.05, 4.69) is 19.2 Å². The van der Waals surface area contributed by atoms with Gasteiger partial charge in [0.05, 0.1) is 5.60 Å². The zero-order chi connectivity index (χ0) is 10.3. The molecule has 13 heavy (non-hydrogen) atoms. The largest absolute Gasteiger partial charge is 0.478 e. The van der Waals surface area contributed by atoms with E-state index in [4.69, 9.17) is 9.84 Å². The second-order valence-electron chi connectivity index (χ2n) is 4.61. The highest BCUT2D eigenvalue weighted by molar-refractivity contribution is 5.72. The monoisotopic (exact) mass is 187 g/mol. The van der Waals surface area contributed by atoms with Gasteiger partial charge in [-0.05, 0) is 13.8 Å². The summed E-state index contributed by atoms with van der Waals surface area (Å²) in [5.74, 6) is -0.955. The number of hydrogen-bond acceptors (Lipinski definition) is 3. The molecule has 0 aromatic rings. The van der Waals surface area contributed by atoms with Gasteiger partial charge >= 0.3 is 5.97 Å². The van der Waals surface area contributed by atoms with Crippen LogP contribution in [0.2, 0.25) is 0 Å². The molecule has 0 radical (unpaired) electrons. The fourth-order valence-corrected chi connectivity index (χ4v) is 1.19. The first-order chi connectivity index (χ1) is 5.76. The molecule has 0 spiro atoms. The Hall–Kier alpha value is -0.610. The van der Waals surface area contributed by atoms with Gasteiger partial charge in [0, 0.05) is 12.0 Å². The first-order valence-electron chi connectivity index (χ1n) is 4.40. The summed E-state index contributed by atoms with van der Waals surface area (Å²) in [7, 11) is 0. The molecule has 1 rings (SSSR count). The molecule has 0 aliphatic carbocycles. The van der Waals surface area contributed by atoms with Crippen LogP contribution in [-0.4, -0.2) is 29.4 Å². The van der Waals surface area contributed by atoms with Gasteiger partial charge in [-0.1, -0.05) is 13.8 Å². The zero-order valence-electron chi connectivity index (χ0n) is 8.55. The minimum Gasteiger partial charge on any atom is -0.478 e. The van der Waals surface area contributed by atoms with Crippen molar-refractivity contribution in [1.82, 2.24) is 5.32 Å². The van der Waals surface area contributed by atoms with Crippen molar-refractivity contribution in [2.24, 2.45) is 5.41 Å². The SMILES string of the molecule is CC1(C)CNC(C(=O)O)OC1(C)C. The van der Waals surface area contributed by atoms with Crippen molar-refractivity contribution >= 4 is 5.97 Å². The van der Waals surface area contributed by atoms with Gasteiger partial charge in [-0.15, -0.1) is 0 Å². The van der Waals surface area contributed by atoms with E-state index >= 15 is 0 Å². The highest BCUT2D eigenvalue weighted by atomic mass is 16.5. The van der Waals surface area contributed by atoms with E-state index < -0.39 is 17.8 Å². The van der Waals surface area contributed by atoms with E-state index in [1.807, 2.05) is 13.8 Å². The molecule has 4 heteroatoms.